The summed E-state index contributed by atoms with van der Waals surface area (Å²) in [6.45, 7) is 0. The Labute approximate surface area is 137 Å². The van der Waals surface area contributed by atoms with Gasteiger partial charge in [0, 0.05) is 5.02 Å². The fourth-order valence-corrected chi connectivity index (χ4v) is 2.72. The number of rotatable bonds is 4. The van der Waals surface area contributed by atoms with Crippen LogP contribution in [0.3, 0.4) is 0 Å². The fourth-order valence-electron chi connectivity index (χ4n) is 1.42. The SMILES string of the molecule is O=S(=O)(N/N=C/c1ccc(Cl)cc1)c1ccc(Cl)c(Cl)c1. The maximum Gasteiger partial charge on any atom is 0.276 e. The number of sulfonamides is 1. The van der Waals surface area contributed by atoms with Crippen LogP contribution in [0, 0.1) is 0 Å². The van der Waals surface area contributed by atoms with Crippen molar-refractivity contribution in [2.75, 3.05) is 0 Å². The minimum absolute atomic E-state index is 0.0230. The molecule has 0 bridgehead atoms. The van der Waals surface area contributed by atoms with Crippen molar-refractivity contribution in [1.82, 2.24) is 4.83 Å². The van der Waals surface area contributed by atoms with Gasteiger partial charge in [0.25, 0.3) is 10.0 Å². The van der Waals surface area contributed by atoms with E-state index in [4.69, 9.17) is 34.8 Å². The summed E-state index contributed by atoms with van der Waals surface area (Å²) >= 11 is 17.3. The molecule has 2 aromatic rings. The summed E-state index contributed by atoms with van der Waals surface area (Å²) in [5.41, 5.74) is 0.705. The van der Waals surface area contributed by atoms with Gasteiger partial charge in [-0.05, 0) is 35.9 Å². The third-order valence-corrected chi connectivity index (χ3v) is 4.67. The van der Waals surface area contributed by atoms with Crippen molar-refractivity contribution in [3.63, 3.8) is 0 Å². The Morgan fingerprint density at radius 3 is 2.24 bits per heavy atom. The Morgan fingerprint density at radius 1 is 0.952 bits per heavy atom. The minimum Gasteiger partial charge on any atom is -0.200 e. The van der Waals surface area contributed by atoms with E-state index in [2.05, 4.69) is 9.93 Å². The highest BCUT2D eigenvalue weighted by Crippen LogP contribution is 2.24. The molecule has 0 amide bonds. The van der Waals surface area contributed by atoms with Crippen molar-refractivity contribution in [1.29, 1.82) is 0 Å². The molecule has 0 unspecified atom stereocenters. The Bertz CT molecular complexity index is 775. The number of nitrogens with zero attached hydrogens (tertiary/aromatic N) is 1. The molecule has 21 heavy (non-hydrogen) atoms. The van der Waals surface area contributed by atoms with Gasteiger partial charge in [0.2, 0.25) is 0 Å². The smallest absolute Gasteiger partial charge is 0.200 e. The summed E-state index contributed by atoms with van der Waals surface area (Å²) in [5, 5.41) is 4.71. The summed E-state index contributed by atoms with van der Waals surface area (Å²) < 4.78 is 24.0. The molecule has 110 valence electrons. The van der Waals surface area contributed by atoms with Gasteiger partial charge in [-0.1, -0.05) is 46.9 Å². The summed E-state index contributed by atoms with van der Waals surface area (Å²) in [6, 6.07) is 10.8. The third kappa shape index (κ3) is 4.35. The molecule has 0 spiro atoms. The molecule has 0 aliphatic carbocycles. The molecule has 2 aromatic carbocycles. The molecule has 0 heterocycles. The van der Waals surface area contributed by atoms with Crippen LogP contribution in [0.15, 0.2) is 52.5 Å². The topological polar surface area (TPSA) is 58.5 Å². The minimum atomic E-state index is -3.79. The average molecular weight is 364 g/mol. The van der Waals surface area contributed by atoms with E-state index >= 15 is 0 Å². The average Bonchev–Trinajstić information content (AvgIpc) is 2.44. The van der Waals surface area contributed by atoms with Crippen molar-refractivity contribution in [2.45, 2.75) is 4.90 Å². The first-order valence-corrected chi connectivity index (χ1v) is 8.26. The van der Waals surface area contributed by atoms with Gasteiger partial charge in [0.05, 0.1) is 21.2 Å². The highest BCUT2D eigenvalue weighted by Gasteiger charge is 2.14. The molecule has 2 rings (SSSR count). The van der Waals surface area contributed by atoms with Crippen LogP contribution in [0.25, 0.3) is 0 Å². The monoisotopic (exact) mass is 362 g/mol. The number of benzene rings is 2. The van der Waals surface area contributed by atoms with Gasteiger partial charge in [-0.2, -0.15) is 13.5 Å². The Hall–Kier alpha value is -1.27. The molecule has 0 radical (unpaired) electrons. The molecular weight excluding hydrogens is 355 g/mol. The normalized spacial score (nSPS) is 11.8. The predicted molar refractivity (Wildman–Crippen MR) is 85.8 cm³/mol. The van der Waals surface area contributed by atoms with Crippen LogP contribution in [0.5, 0.6) is 0 Å². The molecule has 0 atom stereocenters. The van der Waals surface area contributed by atoms with Crippen LogP contribution in [0.2, 0.25) is 15.1 Å². The molecular formula is C13H9Cl3N2O2S. The van der Waals surface area contributed by atoms with E-state index in [-0.39, 0.29) is 14.9 Å². The van der Waals surface area contributed by atoms with Gasteiger partial charge in [-0.25, -0.2) is 4.83 Å². The number of halogens is 3. The van der Waals surface area contributed by atoms with Gasteiger partial charge in [-0.15, -0.1) is 0 Å². The zero-order chi connectivity index (χ0) is 15.5. The zero-order valence-electron chi connectivity index (χ0n) is 10.4. The zero-order valence-corrected chi connectivity index (χ0v) is 13.5. The lowest BCUT2D eigenvalue weighted by Gasteiger charge is -2.04. The second kappa shape index (κ2) is 6.66. The molecule has 8 heteroatoms. The van der Waals surface area contributed by atoms with Crippen LogP contribution in [0.1, 0.15) is 5.56 Å². The largest absolute Gasteiger partial charge is 0.276 e. The predicted octanol–water partition coefficient (Wildman–Crippen LogP) is 3.96. The van der Waals surface area contributed by atoms with E-state index < -0.39 is 10.0 Å². The van der Waals surface area contributed by atoms with Crippen molar-refractivity contribution in [3.8, 4) is 0 Å². The maximum absolute atomic E-state index is 12.0. The van der Waals surface area contributed by atoms with E-state index in [0.29, 0.717) is 10.6 Å². The lowest BCUT2D eigenvalue weighted by Crippen LogP contribution is -2.18. The number of hydrogen-bond donors (Lipinski definition) is 1. The standard InChI is InChI=1S/C13H9Cl3N2O2S/c14-10-3-1-9(2-4-10)8-17-18-21(19,20)11-5-6-12(15)13(16)7-11/h1-8,18H/b17-8+. The number of nitrogens with one attached hydrogen (secondary N) is 1. The van der Waals surface area contributed by atoms with Crippen LogP contribution in [-0.2, 0) is 10.0 Å². The lowest BCUT2D eigenvalue weighted by molar-refractivity contribution is 0.584. The van der Waals surface area contributed by atoms with E-state index in [0.717, 1.165) is 0 Å². The molecule has 0 aliphatic heterocycles. The Balaban J connectivity index is 2.14. The van der Waals surface area contributed by atoms with Crippen LogP contribution < -0.4 is 4.83 Å². The molecule has 0 saturated carbocycles. The van der Waals surface area contributed by atoms with Crippen molar-refractivity contribution < 1.29 is 8.42 Å². The van der Waals surface area contributed by atoms with E-state index in [1.54, 1.807) is 24.3 Å². The lowest BCUT2D eigenvalue weighted by atomic mass is 10.2. The van der Waals surface area contributed by atoms with Crippen molar-refractivity contribution >= 4 is 51.0 Å². The highest BCUT2D eigenvalue weighted by atomic mass is 35.5. The van der Waals surface area contributed by atoms with Gasteiger partial charge < -0.3 is 0 Å². The summed E-state index contributed by atoms with van der Waals surface area (Å²) in [4.78, 5) is 2.07. The molecule has 0 fully saturated rings. The number of hydrogen-bond acceptors (Lipinski definition) is 3. The van der Waals surface area contributed by atoms with E-state index in [1.165, 1.54) is 24.4 Å². The first-order chi connectivity index (χ1) is 9.88. The Morgan fingerprint density at radius 2 is 1.62 bits per heavy atom. The van der Waals surface area contributed by atoms with Crippen molar-refractivity contribution in [3.05, 3.63) is 63.1 Å². The summed E-state index contributed by atoms with van der Waals surface area (Å²) in [6.07, 6.45) is 1.37. The fraction of sp³-hybridized carbons (Fsp3) is 0. The second-order valence-corrected chi connectivity index (χ2v) is 6.89. The quantitative estimate of drug-likeness (QED) is 0.660. The van der Waals surface area contributed by atoms with Gasteiger partial charge in [-0.3, -0.25) is 0 Å². The first-order valence-electron chi connectivity index (χ1n) is 5.64. The van der Waals surface area contributed by atoms with Crippen molar-refractivity contribution in [2.24, 2.45) is 5.10 Å². The molecule has 0 aliphatic rings. The second-order valence-electron chi connectivity index (χ2n) is 3.98. The number of hydrazone groups is 1. The van der Waals surface area contributed by atoms with Crippen LogP contribution in [0.4, 0.5) is 0 Å². The van der Waals surface area contributed by atoms with E-state index in [1.807, 2.05) is 0 Å². The summed E-state index contributed by atoms with van der Waals surface area (Å²) in [5.74, 6) is 0. The van der Waals surface area contributed by atoms with Crippen LogP contribution in [-0.4, -0.2) is 14.6 Å². The molecule has 0 saturated heterocycles. The first kappa shape index (κ1) is 16.1. The molecule has 4 nitrogen and oxygen atoms in total. The van der Waals surface area contributed by atoms with Gasteiger partial charge >= 0.3 is 0 Å². The highest BCUT2D eigenvalue weighted by molar-refractivity contribution is 7.89. The Kier molecular flexibility index (Phi) is 5.11. The summed E-state index contributed by atoms with van der Waals surface area (Å²) in [7, 11) is -3.79. The van der Waals surface area contributed by atoms with Gasteiger partial charge in [0.15, 0.2) is 0 Å². The maximum atomic E-state index is 12.0. The molecule has 1 N–H and O–H groups in total. The third-order valence-electron chi connectivity index (χ3n) is 2.46. The van der Waals surface area contributed by atoms with Gasteiger partial charge in [0.1, 0.15) is 0 Å². The van der Waals surface area contributed by atoms with E-state index in [9.17, 15) is 8.42 Å². The van der Waals surface area contributed by atoms with Crippen LogP contribution >= 0.6 is 34.8 Å². The molecule has 0 aromatic heterocycles.